The van der Waals surface area contributed by atoms with Gasteiger partial charge in [-0.2, -0.15) is 0 Å². The molecule has 22 heavy (non-hydrogen) atoms. The molecule has 0 saturated heterocycles. The zero-order chi connectivity index (χ0) is 15.5. The predicted molar refractivity (Wildman–Crippen MR) is 83.0 cm³/mol. The largest absolute Gasteiger partial charge is 0.493 e. The van der Waals surface area contributed by atoms with Crippen LogP contribution in [0.5, 0.6) is 17.2 Å². The lowest BCUT2D eigenvalue weighted by atomic mass is 9.89. The van der Waals surface area contributed by atoms with Gasteiger partial charge in [-0.25, -0.2) is 0 Å². The number of hydrogen-bond donors (Lipinski definition) is 0. The van der Waals surface area contributed by atoms with Crippen molar-refractivity contribution < 1.29 is 19.0 Å². The molecule has 4 heteroatoms. The Morgan fingerprint density at radius 1 is 1.09 bits per heavy atom. The van der Waals surface area contributed by atoms with Gasteiger partial charge in [0, 0.05) is 0 Å². The number of benzene rings is 2. The van der Waals surface area contributed by atoms with Crippen molar-refractivity contribution in [2.75, 3.05) is 20.8 Å². The Morgan fingerprint density at radius 3 is 2.64 bits per heavy atom. The zero-order valence-electron chi connectivity index (χ0n) is 12.7. The van der Waals surface area contributed by atoms with Crippen molar-refractivity contribution >= 4 is 5.78 Å². The van der Waals surface area contributed by atoms with Crippen LogP contribution in [0.3, 0.4) is 0 Å². The van der Waals surface area contributed by atoms with Gasteiger partial charge in [0.15, 0.2) is 17.3 Å². The van der Waals surface area contributed by atoms with Crippen LogP contribution in [0.2, 0.25) is 0 Å². The Kier molecular flexibility index (Phi) is 4.00. The summed E-state index contributed by atoms with van der Waals surface area (Å²) in [5, 5.41) is 0. The molecule has 0 fully saturated rings. The third-order valence-corrected chi connectivity index (χ3v) is 3.89. The van der Waals surface area contributed by atoms with Crippen LogP contribution in [0.15, 0.2) is 42.5 Å². The van der Waals surface area contributed by atoms with Crippen LogP contribution >= 0.6 is 0 Å². The lowest BCUT2D eigenvalue weighted by Crippen LogP contribution is -2.29. The number of hydrogen-bond acceptors (Lipinski definition) is 4. The molecular formula is C18H18O4. The quantitative estimate of drug-likeness (QED) is 0.870. The summed E-state index contributed by atoms with van der Waals surface area (Å²) < 4.78 is 16.2. The fourth-order valence-corrected chi connectivity index (χ4v) is 2.73. The van der Waals surface area contributed by atoms with Crippen molar-refractivity contribution in [3.8, 4) is 17.2 Å². The topological polar surface area (TPSA) is 44.8 Å². The van der Waals surface area contributed by atoms with Gasteiger partial charge >= 0.3 is 0 Å². The smallest absolute Gasteiger partial charge is 0.173 e. The fraction of sp³-hybridized carbons (Fsp3) is 0.278. The molecule has 1 heterocycles. The molecule has 2 aromatic rings. The highest BCUT2D eigenvalue weighted by molar-refractivity contribution is 6.01. The summed E-state index contributed by atoms with van der Waals surface area (Å²) in [6.07, 6.45) is 0.619. The van der Waals surface area contributed by atoms with Gasteiger partial charge < -0.3 is 14.2 Å². The molecule has 0 amide bonds. The summed E-state index contributed by atoms with van der Waals surface area (Å²) in [6, 6.07) is 13.1. The van der Waals surface area contributed by atoms with Crippen LogP contribution in [0.4, 0.5) is 0 Å². The minimum atomic E-state index is -0.173. The number of carbonyl (C=O) groups is 1. The van der Waals surface area contributed by atoms with E-state index in [1.807, 2.05) is 42.5 Å². The second-order valence-electron chi connectivity index (χ2n) is 5.26. The number of ketones is 1. The second kappa shape index (κ2) is 6.10. The van der Waals surface area contributed by atoms with Gasteiger partial charge in [-0.15, -0.1) is 0 Å². The molecule has 0 aromatic heterocycles. The second-order valence-corrected chi connectivity index (χ2v) is 5.26. The van der Waals surface area contributed by atoms with Crippen molar-refractivity contribution in [3.63, 3.8) is 0 Å². The molecule has 2 aromatic carbocycles. The fourth-order valence-electron chi connectivity index (χ4n) is 2.73. The molecule has 1 atom stereocenters. The Morgan fingerprint density at radius 2 is 1.86 bits per heavy atom. The number of rotatable bonds is 4. The molecule has 0 unspecified atom stereocenters. The number of fused-ring (bicyclic) bond motifs is 1. The summed E-state index contributed by atoms with van der Waals surface area (Å²) in [4.78, 5) is 12.6. The first kappa shape index (κ1) is 14.4. The van der Waals surface area contributed by atoms with Gasteiger partial charge in [0.25, 0.3) is 0 Å². The number of methoxy groups -OCH3 is 2. The average Bonchev–Trinajstić information content (AvgIpc) is 2.57. The number of para-hydroxylation sites is 1. The number of carbonyl (C=O) groups excluding carboxylic acids is 1. The number of Topliss-reactive ketones (excluding diaryl/α,β-unsaturated/α-hetero) is 1. The van der Waals surface area contributed by atoms with Crippen LogP contribution in [-0.4, -0.2) is 26.6 Å². The first-order valence-corrected chi connectivity index (χ1v) is 7.20. The average molecular weight is 298 g/mol. The Bertz CT molecular complexity index is 693. The first-order chi connectivity index (χ1) is 10.7. The van der Waals surface area contributed by atoms with E-state index in [2.05, 4.69) is 0 Å². The summed E-state index contributed by atoms with van der Waals surface area (Å²) in [5.41, 5.74) is 1.69. The van der Waals surface area contributed by atoms with Gasteiger partial charge in [0.1, 0.15) is 5.75 Å². The van der Waals surface area contributed by atoms with E-state index in [0.717, 1.165) is 5.56 Å². The van der Waals surface area contributed by atoms with Crippen molar-refractivity contribution in [2.24, 2.45) is 5.92 Å². The molecule has 0 aliphatic carbocycles. The minimum Gasteiger partial charge on any atom is -0.493 e. The molecule has 0 saturated carbocycles. The van der Waals surface area contributed by atoms with E-state index in [1.54, 1.807) is 14.2 Å². The Hall–Kier alpha value is -2.49. The number of ether oxygens (including phenoxy) is 3. The van der Waals surface area contributed by atoms with E-state index >= 15 is 0 Å². The van der Waals surface area contributed by atoms with E-state index in [0.29, 0.717) is 35.8 Å². The van der Waals surface area contributed by atoms with Crippen LogP contribution in [0.1, 0.15) is 15.9 Å². The SMILES string of the molecule is COc1ccc(C[C@H]2COc3ccccc3C2=O)cc1OC. The molecule has 3 rings (SSSR count). The first-order valence-electron chi connectivity index (χ1n) is 7.20. The van der Waals surface area contributed by atoms with E-state index in [9.17, 15) is 4.79 Å². The maximum atomic E-state index is 12.6. The van der Waals surface area contributed by atoms with Crippen molar-refractivity contribution in [1.29, 1.82) is 0 Å². The third-order valence-electron chi connectivity index (χ3n) is 3.89. The third kappa shape index (κ3) is 2.64. The molecule has 114 valence electrons. The normalized spacial score (nSPS) is 16.6. The molecule has 0 bridgehead atoms. The van der Waals surface area contributed by atoms with E-state index < -0.39 is 0 Å². The molecule has 0 radical (unpaired) electrons. The van der Waals surface area contributed by atoms with Crippen molar-refractivity contribution in [1.82, 2.24) is 0 Å². The Labute approximate surface area is 129 Å². The summed E-state index contributed by atoms with van der Waals surface area (Å²) in [7, 11) is 3.21. The van der Waals surface area contributed by atoms with E-state index in [-0.39, 0.29) is 11.7 Å². The monoisotopic (exact) mass is 298 g/mol. The van der Waals surface area contributed by atoms with Crippen molar-refractivity contribution in [3.05, 3.63) is 53.6 Å². The van der Waals surface area contributed by atoms with Crippen LogP contribution < -0.4 is 14.2 Å². The minimum absolute atomic E-state index is 0.136. The van der Waals surface area contributed by atoms with Gasteiger partial charge in [-0.05, 0) is 36.2 Å². The summed E-state index contributed by atoms with van der Waals surface area (Å²) in [6.45, 7) is 0.407. The molecular weight excluding hydrogens is 280 g/mol. The highest BCUT2D eigenvalue weighted by Gasteiger charge is 2.28. The summed E-state index contributed by atoms with van der Waals surface area (Å²) >= 11 is 0. The summed E-state index contributed by atoms with van der Waals surface area (Å²) in [5.74, 6) is 1.99. The zero-order valence-corrected chi connectivity index (χ0v) is 12.7. The van der Waals surface area contributed by atoms with Crippen LogP contribution in [-0.2, 0) is 6.42 Å². The molecule has 4 nitrogen and oxygen atoms in total. The van der Waals surface area contributed by atoms with E-state index in [4.69, 9.17) is 14.2 Å². The standard InChI is InChI=1S/C18H18O4/c1-20-16-8-7-12(10-17(16)21-2)9-13-11-22-15-6-4-3-5-14(15)18(13)19/h3-8,10,13H,9,11H2,1-2H3/t13-/m0/s1. The maximum Gasteiger partial charge on any atom is 0.173 e. The lowest BCUT2D eigenvalue weighted by molar-refractivity contribution is 0.0830. The molecule has 0 spiro atoms. The molecule has 1 aliphatic heterocycles. The predicted octanol–water partition coefficient (Wildman–Crippen LogP) is 3.14. The van der Waals surface area contributed by atoms with E-state index in [1.165, 1.54) is 0 Å². The van der Waals surface area contributed by atoms with Gasteiger partial charge in [-0.1, -0.05) is 18.2 Å². The van der Waals surface area contributed by atoms with Gasteiger partial charge in [0.05, 0.1) is 32.3 Å². The Balaban J connectivity index is 1.81. The maximum absolute atomic E-state index is 12.6. The van der Waals surface area contributed by atoms with Crippen LogP contribution in [0.25, 0.3) is 0 Å². The van der Waals surface area contributed by atoms with Crippen LogP contribution in [0, 0.1) is 5.92 Å². The van der Waals surface area contributed by atoms with Gasteiger partial charge in [0.2, 0.25) is 0 Å². The lowest BCUT2D eigenvalue weighted by Gasteiger charge is -2.24. The highest BCUT2D eigenvalue weighted by atomic mass is 16.5. The highest BCUT2D eigenvalue weighted by Crippen LogP contribution is 2.31. The van der Waals surface area contributed by atoms with Crippen molar-refractivity contribution in [2.45, 2.75) is 6.42 Å². The van der Waals surface area contributed by atoms with Gasteiger partial charge in [-0.3, -0.25) is 4.79 Å². The molecule has 0 N–H and O–H groups in total. The molecule has 1 aliphatic rings.